The van der Waals surface area contributed by atoms with Crippen LogP contribution in [0, 0.1) is 11.7 Å². The van der Waals surface area contributed by atoms with Crippen molar-refractivity contribution >= 4 is 53.3 Å². The van der Waals surface area contributed by atoms with Gasteiger partial charge in [-0.25, -0.2) is 4.39 Å². The quantitative estimate of drug-likeness (QED) is 0.126. The Morgan fingerprint density at radius 2 is 1.97 bits per heavy atom. The Morgan fingerprint density at radius 1 is 1.26 bits per heavy atom. The van der Waals surface area contributed by atoms with Crippen LogP contribution in [0.3, 0.4) is 0 Å². The predicted octanol–water partition coefficient (Wildman–Crippen LogP) is 5.18. The molecule has 35 heavy (non-hydrogen) atoms. The predicted molar refractivity (Wildman–Crippen MR) is 149 cm³/mol. The second kappa shape index (κ2) is 13.2. The zero-order valence-electron chi connectivity index (χ0n) is 20.4. The summed E-state index contributed by atoms with van der Waals surface area (Å²) in [4.78, 5) is 32.0. The molecule has 3 rings (SSSR count). The van der Waals surface area contributed by atoms with Crippen molar-refractivity contribution in [1.82, 2.24) is 0 Å². The molecule has 0 bridgehead atoms. The van der Waals surface area contributed by atoms with E-state index in [1.165, 1.54) is 29.2 Å². The Morgan fingerprint density at radius 3 is 2.51 bits per heavy atom. The maximum Gasteiger partial charge on any atom is 0.228 e. The van der Waals surface area contributed by atoms with Crippen LogP contribution in [0.5, 0.6) is 0 Å². The van der Waals surface area contributed by atoms with Crippen LogP contribution >= 0.6 is 24.0 Å². The minimum atomic E-state index is -0.490. The second-order valence-corrected chi connectivity index (χ2v) is 8.14. The Bertz CT molecular complexity index is 1130. The number of ketones is 1. The van der Waals surface area contributed by atoms with Crippen molar-refractivity contribution in [3.63, 3.8) is 0 Å². The maximum atomic E-state index is 14.8. The number of amides is 1. The van der Waals surface area contributed by atoms with Gasteiger partial charge in [0.2, 0.25) is 11.7 Å². The summed E-state index contributed by atoms with van der Waals surface area (Å²) in [5, 5.41) is 0. The lowest BCUT2D eigenvalue weighted by Gasteiger charge is -2.31. The largest absolute Gasteiger partial charge is 0.492 e. The van der Waals surface area contributed by atoms with Crippen molar-refractivity contribution in [2.24, 2.45) is 10.9 Å². The van der Waals surface area contributed by atoms with E-state index in [1.807, 2.05) is 43.3 Å². The first-order valence-electron chi connectivity index (χ1n) is 11.1. The first-order valence-corrected chi connectivity index (χ1v) is 11.1. The van der Waals surface area contributed by atoms with E-state index < -0.39 is 11.7 Å². The molecule has 6 nitrogen and oxygen atoms in total. The van der Waals surface area contributed by atoms with Crippen LogP contribution in [0.2, 0.25) is 0 Å². The van der Waals surface area contributed by atoms with Gasteiger partial charge in [-0.3, -0.25) is 14.6 Å². The lowest BCUT2D eigenvalue weighted by molar-refractivity contribution is -0.122. The second-order valence-electron chi connectivity index (χ2n) is 8.14. The van der Waals surface area contributed by atoms with Crippen LogP contribution in [0.25, 0.3) is 0 Å². The molecule has 0 spiro atoms. The molecule has 0 saturated carbocycles. The molecular formula is C27H31FIN3O3. The standard InChI is InChI=1S/C27H30FN3O3.HI/c1-19(21(12-14-29-2)16-20-8-6-5-7-9-20)27(33)25(34-4)18-30(3)24-11-10-22(17-23(24)28)31-15-13-26(31)32;/h5-12,14,17-19H,13,15-16H2,1-4H3;1H/b21-12+,25-18+,29-14?;. The first-order chi connectivity index (χ1) is 16.3. The number of allylic oxidation sites excluding steroid dienone is 3. The maximum absolute atomic E-state index is 14.8. The molecule has 1 heterocycles. The van der Waals surface area contributed by atoms with Crippen molar-refractivity contribution in [2.75, 3.05) is 37.5 Å². The number of anilines is 2. The van der Waals surface area contributed by atoms with Crippen molar-refractivity contribution in [2.45, 2.75) is 19.8 Å². The Labute approximate surface area is 223 Å². The molecule has 1 fully saturated rings. The molecule has 0 N–H and O–H groups in total. The van der Waals surface area contributed by atoms with Gasteiger partial charge in [0, 0.05) is 51.1 Å². The minimum absolute atomic E-state index is 0. The average molecular weight is 591 g/mol. The fourth-order valence-electron chi connectivity index (χ4n) is 3.74. The van der Waals surface area contributed by atoms with Crippen LogP contribution in [0.4, 0.5) is 15.8 Å². The highest BCUT2D eigenvalue weighted by Crippen LogP contribution is 2.28. The van der Waals surface area contributed by atoms with Crippen LogP contribution in [-0.4, -0.2) is 45.7 Å². The van der Waals surface area contributed by atoms with Crippen molar-refractivity contribution in [1.29, 1.82) is 0 Å². The fourth-order valence-corrected chi connectivity index (χ4v) is 3.74. The Hall–Kier alpha value is -3.01. The summed E-state index contributed by atoms with van der Waals surface area (Å²) in [7, 11) is 4.75. The van der Waals surface area contributed by atoms with E-state index in [0.717, 1.165) is 11.1 Å². The molecule has 2 aromatic carbocycles. The third-order valence-electron chi connectivity index (χ3n) is 5.89. The summed E-state index contributed by atoms with van der Waals surface area (Å²) >= 11 is 0. The van der Waals surface area contributed by atoms with Crippen molar-refractivity contribution in [3.05, 3.63) is 83.5 Å². The molecule has 1 aliphatic rings. The number of Topliss-reactive ketones (excluding diaryl/α,β-unsaturated/α-hetero) is 1. The third-order valence-corrected chi connectivity index (χ3v) is 5.89. The number of halogens is 2. The smallest absolute Gasteiger partial charge is 0.228 e. The summed E-state index contributed by atoms with van der Waals surface area (Å²) in [6.45, 7) is 2.42. The molecule has 1 saturated heterocycles. The summed E-state index contributed by atoms with van der Waals surface area (Å²) in [6.07, 6.45) is 6.08. The van der Waals surface area contributed by atoms with Crippen LogP contribution < -0.4 is 9.80 Å². The molecule has 1 atom stereocenters. The number of carbonyl (C=O) groups is 2. The molecule has 1 unspecified atom stereocenters. The lowest BCUT2D eigenvalue weighted by atomic mass is 9.90. The Balaban J connectivity index is 0.00000432. The number of nitrogens with zero attached hydrogens (tertiary/aromatic N) is 3. The lowest BCUT2D eigenvalue weighted by Crippen LogP contribution is -2.43. The van der Waals surface area contributed by atoms with Gasteiger partial charge in [0.15, 0.2) is 5.76 Å². The average Bonchev–Trinajstić information content (AvgIpc) is 2.83. The highest BCUT2D eigenvalue weighted by atomic mass is 127. The number of hydrogen-bond acceptors (Lipinski definition) is 5. The fraction of sp³-hybridized carbons (Fsp3) is 0.296. The van der Waals surface area contributed by atoms with Gasteiger partial charge in [0.1, 0.15) is 5.82 Å². The van der Waals surface area contributed by atoms with E-state index in [4.69, 9.17) is 4.74 Å². The van der Waals surface area contributed by atoms with Crippen LogP contribution in [-0.2, 0) is 20.7 Å². The normalized spacial score (nSPS) is 14.9. The van der Waals surface area contributed by atoms with E-state index in [0.29, 0.717) is 25.1 Å². The van der Waals surface area contributed by atoms with Crippen molar-refractivity contribution in [3.8, 4) is 0 Å². The van der Waals surface area contributed by atoms with Gasteiger partial charge in [-0.05, 0) is 36.3 Å². The number of benzene rings is 2. The van der Waals surface area contributed by atoms with E-state index >= 15 is 0 Å². The highest BCUT2D eigenvalue weighted by molar-refractivity contribution is 14.0. The molecule has 1 amide bonds. The molecular weight excluding hydrogens is 560 g/mol. The SMILES string of the molecule is CN=C/C=C(\Cc1ccccc1)C(C)C(=O)/C(=C\N(C)c1ccc(N2CCC2=O)cc1F)OC.I. The number of aliphatic imine (C=N–C) groups is 1. The zero-order chi connectivity index (χ0) is 24.7. The van der Waals surface area contributed by atoms with E-state index in [1.54, 1.807) is 32.4 Å². The minimum Gasteiger partial charge on any atom is -0.492 e. The van der Waals surface area contributed by atoms with Crippen LogP contribution in [0.1, 0.15) is 18.9 Å². The molecule has 186 valence electrons. The van der Waals surface area contributed by atoms with Gasteiger partial charge in [0.05, 0.1) is 12.8 Å². The zero-order valence-corrected chi connectivity index (χ0v) is 22.7. The number of β-lactam (4-membered cyclic amide) rings is 1. The number of rotatable bonds is 10. The van der Waals surface area contributed by atoms with Gasteiger partial charge in [0.25, 0.3) is 0 Å². The summed E-state index contributed by atoms with van der Waals surface area (Å²) in [5.41, 5.74) is 2.77. The number of carbonyl (C=O) groups excluding carboxylic acids is 2. The van der Waals surface area contributed by atoms with E-state index in [2.05, 4.69) is 4.99 Å². The summed E-state index contributed by atoms with van der Waals surface area (Å²) in [5.74, 6) is -1.08. The topological polar surface area (TPSA) is 62.2 Å². The Kier molecular flexibility index (Phi) is 10.6. The van der Waals surface area contributed by atoms with E-state index in [9.17, 15) is 14.0 Å². The van der Waals surface area contributed by atoms with Crippen molar-refractivity contribution < 1.29 is 18.7 Å². The molecule has 1 aliphatic heterocycles. The van der Waals surface area contributed by atoms with Gasteiger partial charge in [-0.2, -0.15) is 0 Å². The molecule has 0 aromatic heterocycles. The highest BCUT2D eigenvalue weighted by Gasteiger charge is 2.26. The summed E-state index contributed by atoms with van der Waals surface area (Å²) in [6, 6.07) is 14.5. The molecule has 0 aliphatic carbocycles. The van der Waals surface area contributed by atoms with Crippen LogP contribution in [0.15, 0.2) is 77.1 Å². The third kappa shape index (κ3) is 7.00. The number of methoxy groups -OCH3 is 1. The van der Waals surface area contributed by atoms with Gasteiger partial charge in [-0.1, -0.05) is 42.8 Å². The molecule has 8 heteroatoms. The van der Waals surface area contributed by atoms with Gasteiger partial charge in [-0.15, -0.1) is 24.0 Å². The van der Waals surface area contributed by atoms with Gasteiger partial charge >= 0.3 is 0 Å². The molecule has 2 aromatic rings. The summed E-state index contributed by atoms with van der Waals surface area (Å²) < 4.78 is 20.2. The number of hydrogen-bond donors (Lipinski definition) is 0. The monoisotopic (exact) mass is 591 g/mol. The van der Waals surface area contributed by atoms with Gasteiger partial charge < -0.3 is 14.5 Å². The number of ether oxygens (including phenoxy) is 1. The first kappa shape index (κ1) is 28.2. The molecule has 0 radical (unpaired) electrons. The van der Waals surface area contributed by atoms with E-state index in [-0.39, 0.29) is 47.1 Å².